The fraction of sp³-hybridized carbons (Fsp3) is 0.333. The van der Waals surface area contributed by atoms with Gasteiger partial charge in [-0.1, -0.05) is 55.3 Å². The lowest BCUT2D eigenvalue weighted by molar-refractivity contribution is -0.138. The van der Waals surface area contributed by atoms with Crippen LogP contribution in [0.2, 0.25) is 5.02 Å². The molecule has 1 aromatic carbocycles. The van der Waals surface area contributed by atoms with Gasteiger partial charge in [0.15, 0.2) is 0 Å². The minimum atomic E-state index is -4.66. The maximum Gasteiger partial charge on any atom is 0.417 e. The van der Waals surface area contributed by atoms with E-state index in [2.05, 4.69) is 5.32 Å². The summed E-state index contributed by atoms with van der Waals surface area (Å²) in [6.07, 6.45) is -2.60. The zero-order valence-electron chi connectivity index (χ0n) is 14.0. The quantitative estimate of drug-likeness (QED) is 0.809. The van der Waals surface area contributed by atoms with Gasteiger partial charge in [0.05, 0.1) is 11.6 Å². The number of pyridine rings is 1. The second kappa shape index (κ2) is 8.40. The largest absolute Gasteiger partial charge is 0.417 e. The smallest absolute Gasteiger partial charge is 0.348 e. The summed E-state index contributed by atoms with van der Waals surface area (Å²) < 4.78 is 39.3. The van der Waals surface area contributed by atoms with Crippen molar-refractivity contribution in [2.75, 3.05) is 0 Å². The standard InChI is InChI=1S/C18H18ClF3N2O2/c1-2-6-15(12-7-4-3-5-8-12)23-16(25)11-24-10-13(18(20,21)22)9-14(19)17(24)26/h3-5,7-10,15H,2,6,11H2,1H3,(H,23,25)/t15-/m1/s1. The molecule has 0 unspecified atom stereocenters. The van der Waals surface area contributed by atoms with Crippen LogP contribution in [0.5, 0.6) is 0 Å². The van der Waals surface area contributed by atoms with Crippen LogP contribution in [0, 0.1) is 0 Å². The minimum absolute atomic E-state index is 0.286. The summed E-state index contributed by atoms with van der Waals surface area (Å²) in [5.41, 5.74) is -1.04. The van der Waals surface area contributed by atoms with E-state index < -0.39 is 34.8 Å². The van der Waals surface area contributed by atoms with Crippen LogP contribution in [-0.4, -0.2) is 10.5 Å². The van der Waals surface area contributed by atoms with Gasteiger partial charge in [-0.15, -0.1) is 0 Å². The van der Waals surface area contributed by atoms with Gasteiger partial charge in [0, 0.05) is 6.20 Å². The topological polar surface area (TPSA) is 51.1 Å². The highest BCUT2D eigenvalue weighted by Crippen LogP contribution is 2.29. The van der Waals surface area contributed by atoms with Gasteiger partial charge in [-0.25, -0.2) is 0 Å². The Morgan fingerprint density at radius 2 is 1.92 bits per heavy atom. The minimum Gasteiger partial charge on any atom is -0.348 e. The number of alkyl halides is 3. The highest BCUT2D eigenvalue weighted by molar-refractivity contribution is 6.30. The number of rotatable bonds is 6. The molecule has 0 radical (unpaired) electrons. The van der Waals surface area contributed by atoms with Crippen LogP contribution < -0.4 is 10.9 Å². The van der Waals surface area contributed by atoms with Crippen molar-refractivity contribution in [3.8, 4) is 0 Å². The maximum absolute atomic E-state index is 12.9. The lowest BCUT2D eigenvalue weighted by Crippen LogP contribution is -2.35. The summed E-state index contributed by atoms with van der Waals surface area (Å²) in [5, 5.41) is 2.18. The van der Waals surface area contributed by atoms with Crippen LogP contribution in [0.15, 0.2) is 47.4 Å². The third kappa shape index (κ3) is 5.11. The van der Waals surface area contributed by atoms with Crippen molar-refractivity contribution in [2.24, 2.45) is 0 Å². The van der Waals surface area contributed by atoms with E-state index in [4.69, 9.17) is 11.6 Å². The number of carbonyl (C=O) groups is 1. The Bertz CT molecular complexity index is 819. The molecule has 8 heteroatoms. The van der Waals surface area contributed by atoms with E-state index in [1.54, 1.807) is 0 Å². The molecule has 0 bridgehead atoms. The summed E-state index contributed by atoms with van der Waals surface area (Å²) in [7, 11) is 0. The molecule has 1 amide bonds. The second-order valence-corrected chi connectivity index (χ2v) is 6.23. The van der Waals surface area contributed by atoms with E-state index in [9.17, 15) is 22.8 Å². The molecule has 140 valence electrons. The lowest BCUT2D eigenvalue weighted by Gasteiger charge is -2.19. The average Bonchev–Trinajstić information content (AvgIpc) is 2.58. The Labute approximate surface area is 153 Å². The number of benzene rings is 1. The molecule has 0 aliphatic carbocycles. The third-order valence-corrected chi connectivity index (χ3v) is 4.07. The number of nitrogens with zero attached hydrogens (tertiary/aromatic N) is 1. The zero-order chi connectivity index (χ0) is 19.3. The van der Waals surface area contributed by atoms with E-state index >= 15 is 0 Å². The SMILES string of the molecule is CCC[C@@H](NC(=O)Cn1cc(C(F)(F)F)cc(Cl)c1=O)c1ccccc1. The number of hydrogen-bond donors (Lipinski definition) is 1. The van der Waals surface area contributed by atoms with Gasteiger partial charge in [0.25, 0.3) is 5.56 Å². The number of aromatic nitrogens is 1. The summed E-state index contributed by atoms with van der Waals surface area (Å²) >= 11 is 5.59. The summed E-state index contributed by atoms with van der Waals surface area (Å²) in [4.78, 5) is 24.2. The monoisotopic (exact) mass is 386 g/mol. The van der Waals surface area contributed by atoms with Crippen LogP contribution in [0.4, 0.5) is 13.2 Å². The molecule has 1 heterocycles. The molecule has 0 saturated carbocycles. The molecule has 1 atom stereocenters. The number of amides is 1. The first-order chi connectivity index (χ1) is 12.2. The van der Waals surface area contributed by atoms with Crippen molar-refractivity contribution in [1.82, 2.24) is 9.88 Å². The predicted molar refractivity (Wildman–Crippen MR) is 92.9 cm³/mol. The molecule has 0 aliphatic heterocycles. The molecular weight excluding hydrogens is 369 g/mol. The Morgan fingerprint density at radius 1 is 1.27 bits per heavy atom. The molecule has 2 rings (SSSR count). The lowest BCUT2D eigenvalue weighted by atomic mass is 10.0. The second-order valence-electron chi connectivity index (χ2n) is 5.83. The Kier molecular flexibility index (Phi) is 6.47. The van der Waals surface area contributed by atoms with E-state index in [0.29, 0.717) is 23.3 Å². The molecule has 1 aromatic heterocycles. The molecule has 26 heavy (non-hydrogen) atoms. The van der Waals surface area contributed by atoms with E-state index in [1.807, 2.05) is 37.3 Å². The van der Waals surface area contributed by atoms with Crippen molar-refractivity contribution in [1.29, 1.82) is 0 Å². The van der Waals surface area contributed by atoms with Gasteiger partial charge in [-0.2, -0.15) is 13.2 Å². The molecule has 2 aromatic rings. The van der Waals surface area contributed by atoms with Crippen molar-refractivity contribution in [3.05, 3.63) is 69.1 Å². The summed E-state index contributed by atoms with van der Waals surface area (Å²) in [5.74, 6) is -0.565. The van der Waals surface area contributed by atoms with Crippen molar-refractivity contribution >= 4 is 17.5 Å². The van der Waals surface area contributed by atoms with E-state index in [-0.39, 0.29) is 6.04 Å². The van der Waals surface area contributed by atoms with Gasteiger partial charge in [-0.05, 0) is 18.1 Å². The fourth-order valence-electron chi connectivity index (χ4n) is 2.56. The molecule has 0 aliphatic rings. The highest BCUT2D eigenvalue weighted by atomic mass is 35.5. The molecule has 0 fully saturated rings. The van der Waals surface area contributed by atoms with E-state index in [0.717, 1.165) is 12.0 Å². The Balaban J connectivity index is 2.21. The summed E-state index contributed by atoms with van der Waals surface area (Å²) in [6, 6.07) is 9.50. The third-order valence-electron chi connectivity index (χ3n) is 3.80. The normalized spacial score (nSPS) is 12.7. The number of carbonyl (C=O) groups excluding carboxylic acids is 1. The Morgan fingerprint density at radius 3 is 2.50 bits per heavy atom. The molecule has 4 nitrogen and oxygen atoms in total. The predicted octanol–water partition coefficient (Wildman–Crippen LogP) is 4.18. The van der Waals surface area contributed by atoms with E-state index in [1.165, 1.54) is 0 Å². The van der Waals surface area contributed by atoms with Crippen molar-refractivity contribution in [3.63, 3.8) is 0 Å². The van der Waals surface area contributed by atoms with Crippen molar-refractivity contribution < 1.29 is 18.0 Å². The Hall–Kier alpha value is -2.28. The first-order valence-corrected chi connectivity index (χ1v) is 8.41. The average molecular weight is 387 g/mol. The van der Waals surface area contributed by atoms with Gasteiger partial charge < -0.3 is 9.88 Å². The van der Waals surface area contributed by atoms with Crippen LogP contribution in [0.3, 0.4) is 0 Å². The van der Waals surface area contributed by atoms with Gasteiger partial charge >= 0.3 is 6.18 Å². The zero-order valence-corrected chi connectivity index (χ0v) is 14.8. The maximum atomic E-state index is 12.9. The number of halogens is 4. The van der Waals surface area contributed by atoms with Crippen LogP contribution in [0.25, 0.3) is 0 Å². The molecular formula is C18H18ClF3N2O2. The number of hydrogen-bond acceptors (Lipinski definition) is 2. The highest BCUT2D eigenvalue weighted by Gasteiger charge is 2.32. The first kappa shape index (κ1) is 20.0. The first-order valence-electron chi connectivity index (χ1n) is 8.04. The van der Waals surface area contributed by atoms with Crippen LogP contribution in [-0.2, 0) is 17.5 Å². The molecule has 0 spiro atoms. The van der Waals surface area contributed by atoms with Crippen LogP contribution in [0.1, 0.15) is 36.9 Å². The molecule has 0 saturated heterocycles. The van der Waals surface area contributed by atoms with Gasteiger partial charge in [-0.3, -0.25) is 9.59 Å². The fourth-order valence-corrected chi connectivity index (χ4v) is 2.79. The van der Waals surface area contributed by atoms with Crippen molar-refractivity contribution in [2.45, 2.75) is 38.5 Å². The molecule has 1 N–H and O–H groups in total. The summed E-state index contributed by atoms with van der Waals surface area (Å²) in [6.45, 7) is 1.41. The van der Waals surface area contributed by atoms with Crippen LogP contribution >= 0.6 is 11.6 Å². The number of nitrogens with one attached hydrogen (secondary N) is 1. The van der Waals surface area contributed by atoms with Gasteiger partial charge in [0.2, 0.25) is 5.91 Å². The van der Waals surface area contributed by atoms with Gasteiger partial charge in [0.1, 0.15) is 11.6 Å².